The lowest BCUT2D eigenvalue weighted by Gasteiger charge is -2.67. The van der Waals surface area contributed by atoms with Gasteiger partial charge in [0.1, 0.15) is 0 Å². The third-order valence-electron chi connectivity index (χ3n) is 6.66. The Hall–Kier alpha value is -1.15. The van der Waals surface area contributed by atoms with E-state index in [0.29, 0.717) is 42.1 Å². The minimum Gasteiger partial charge on any atom is -0.403 e. The van der Waals surface area contributed by atoms with Crippen molar-refractivity contribution in [3.63, 3.8) is 0 Å². The molecular formula is C19H18Cl2NO6PS. The third kappa shape index (κ3) is 2.74. The molecule has 1 unspecified atom stereocenters. The monoisotopic (exact) mass is 489 g/mol. The molecule has 2 heterocycles. The topological polar surface area (TPSA) is 104 Å². The van der Waals surface area contributed by atoms with Crippen LogP contribution >= 0.6 is 42.4 Å². The maximum absolute atomic E-state index is 13.5. The Kier molecular flexibility index (Phi) is 4.45. The van der Waals surface area contributed by atoms with Gasteiger partial charge in [-0.05, 0) is 54.3 Å². The Morgan fingerprint density at radius 2 is 2.00 bits per heavy atom. The number of alkyl halides is 1. The maximum atomic E-state index is 13.5. The van der Waals surface area contributed by atoms with Crippen LogP contribution in [0, 0.1) is 17.8 Å². The van der Waals surface area contributed by atoms with Crippen LogP contribution < -0.4 is 9.42 Å². The molecule has 7 nitrogen and oxygen atoms in total. The number of nitrogens with zero attached hydrogens (tertiary/aromatic N) is 1. The molecule has 1 aliphatic heterocycles. The molecule has 2 bridgehead atoms. The van der Waals surface area contributed by atoms with Crippen molar-refractivity contribution in [3.8, 4) is 5.75 Å². The minimum atomic E-state index is -4.79. The number of carbonyl (C=O) groups excluding carboxylic acids is 2. The lowest BCUT2D eigenvalue weighted by Crippen LogP contribution is -2.70. The molecule has 160 valence electrons. The number of carbonyl (C=O) groups is 2. The second-order valence-electron chi connectivity index (χ2n) is 8.64. The first-order valence-electron chi connectivity index (χ1n) is 9.38. The van der Waals surface area contributed by atoms with Crippen LogP contribution in [0.3, 0.4) is 0 Å². The molecule has 30 heavy (non-hydrogen) atoms. The minimum absolute atomic E-state index is 0.0493. The summed E-state index contributed by atoms with van der Waals surface area (Å²) in [7, 11) is -4.79. The Morgan fingerprint density at radius 1 is 1.33 bits per heavy atom. The van der Waals surface area contributed by atoms with E-state index in [1.807, 2.05) is 12.3 Å². The van der Waals surface area contributed by atoms with E-state index in [-0.39, 0.29) is 22.8 Å². The normalized spacial score (nSPS) is 29.4. The van der Waals surface area contributed by atoms with Gasteiger partial charge in [0.05, 0.1) is 15.8 Å². The highest BCUT2D eigenvalue weighted by Gasteiger charge is 2.75. The van der Waals surface area contributed by atoms with Gasteiger partial charge in [-0.1, -0.05) is 0 Å². The van der Waals surface area contributed by atoms with Crippen LogP contribution in [0.1, 0.15) is 36.3 Å². The number of thiophene rings is 1. The van der Waals surface area contributed by atoms with Gasteiger partial charge in [-0.25, -0.2) is 4.57 Å². The summed E-state index contributed by atoms with van der Waals surface area (Å²) >= 11 is 13.3. The number of aryl methyl sites for hydroxylation is 1. The molecule has 2 N–H and O–H groups in total. The first kappa shape index (κ1) is 20.7. The van der Waals surface area contributed by atoms with E-state index in [1.54, 1.807) is 4.90 Å². The summed E-state index contributed by atoms with van der Waals surface area (Å²) in [6.45, 7) is 2.29. The number of halogens is 2. The fraction of sp³-hybridized carbons (Fsp3) is 0.474. The van der Waals surface area contributed by atoms with Gasteiger partial charge >= 0.3 is 7.82 Å². The third-order valence-corrected chi connectivity index (χ3v) is 8.98. The van der Waals surface area contributed by atoms with Gasteiger partial charge < -0.3 is 9.42 Å². The van der Waals surface area contributed by atoms with E-state index in [2.05, 4.69) is 0 Å². The second-order valence-corrected chi connectivity index (χ2v) is 11.3. The maximum Gasteiger partial charge on any atom is 0.524 e. The summed E-state index contributed by atoms with van der Waals surface area (Å²) < 4.78 is 17.1. The van der Waals surface area contributed by atoms with Crippen molar-refractivity contribution in [3.05, 3.63) is 22.6 Å². The van der Waals surface area contributed by atoms with E-state index in [1.165, 1.54) is 17.4 Å². The number of fused-ring (bicyclic) bond motifs is 3. The molecule has 0 saturated heterocycles. The largest absolute Gasteiger partial charge is 0.524 e. The van der Waals surface area contributed by atoms with Crippen molar-refractivity contribution < 1.29 is 28.5 Å². The molecule has 3 aliphatic carbocycles. The molecule has 1 amide bonds. The first-order chi connectivity index (χ1) is 14.0. The molecular weight excluding hydrogens is 472 g/mol. The summed E-state index contributed by atoms with van der Waals surface area (Å²) in [5.74, 6) is 0.150. The average molecular weight is 490 g/mol. The van der Waals surface area contributed by atoms with E-state index in [4.69, 9.17) is 27.7 Å². The highest BCUT2D eigenvalue weighted by atomic mass is 35.5. The summed E-state index contributed by atoms with van der Waals surface area (Å²) in [5, 5.41) is 2.34. The molecule has 2 aromatic rings. The quantitative estimate of drug-likeness (QED) is 0.368. The number of phosphoric ester groups is 1. The zero-order chi connectivity index (χ0) is 21.6. The van der Waals surface area contributed by atoms with Crippen LogP contribution in [0.15, 0.2) is 11.4 Å². The zero-order valence-electron chi connectivity index (χ0n) is 15.9. The first-order valence-corrected chi connectivity index (χ1v) is 12.7. The standard InChI is InChI=1S/C19H18Cl2NO6PS/c1-9-5-30-15-12(28-29(25,26)27)2-11-14(13(9)15)10(3-20)4-22(11)17(24)19-6-18(7-19,8-19)16(21)23/h2,5,10H,3-4,6-8H2,1H3,(H2,25,26,27). The molecule has 1 aromatic carbocycles. The number of benzene rings is 1. The summed E-state index contributed by atoms with van der Waals surface area (Å²) in [4.78, 5) is 45.5. The zero-order valence-corrected chi connectivity index (χ0v) is 19.1. The molecule has 6 rings (SSSR count). The van der Waals surface area contributed by atoms with Crippen LogP contribution in [0.5, 0.6) is 5.75 Å². The number of rotatable bonds is 5. The molecule has 4 aliphatic rings. The Morgan fingerprint density at radius 3 is 2.57 bits per heavy atom. The van der Waals surface area contributed by atoms with Crippen LogP contribution in [-0.4, -0.2) is 33.4 Å². The van der Waals surface area contributed by atoms with Crippen molar-refractivity contribution in [2.75, 3.05) is 17.3 Å². The number of phosphoric acid groups is 1. The van der Waals surface area contributed by atoms with Gasteiger partial charge in [0, 0.05) is 35.2 Å². The van der Waals surface area contributed by atoms with Crippen LogP contribution in [0.4, 0.5) is 5.69 Å². The number of anilines is 1. The highest BCUT2D eigenvalue weighted by molar-refractivity contribution is 7.46. The Balaban J connectivity index is 1.60. The van der Waals surface area contributed by atoms with Crippen LogP contribution in [0.25, 0.3) is 10.1 Å². The van der Waals surface area contributed by atoms with Crippen molar-refractivity contribution in [1.29, 1.82) is 0 Å². The van der Waals surface area contributed by atoms with Gasteiger partial charge in [-0.15, -0.1) is 22.9 Å². The van der Waals surface area contributed by atoms with Crippen molar-refractivity contribution >= 4 is 69.3 Å². The van der Waals surface area contributed by atoms with Crippen molar-refractivity contribution in [2.45, 2.75) is 32.1 Å². The van der Waals surface area contributed by atoms with E-state index >= 15 is 0 Å². The fourth-order valence-corrected chi connectivity index (χ4v) is 7.36. The molecule has 11 heteroatoms. The molecule has 1 aromatic heterocycles. The number of hydrogen-bond acceptors (Lipinski definition) is 5. The molecule has 3 saturated carbocycles. The predicted molar refractivity (Wildman–Crippen MR) is 115 cm³/mol. The molecule has 3 fully saturated rings. The van der Waals surface area contributed by atoms with Gasteiger partial charge in [0.15, 0.2) is 5.75 Å². The average Bonchev–Trinajstić information content (AvgIpc) is 3.11. The second kappa shape index (κ2) is 6.44. The summed E-state index contributed by atoms with van der Waals surface area (Å²) in [5.41, 5.74) is 1.25. The van der Waals surface area contributed by atoms with Gasteiger partial charge in [-0.3, -0.25) is 19.4 Å². The van der Waals surface area contributed by atoms with Crippen LogP contribution in [0.2, 0.25) is 0 Å². The van der Waals surface area contributed by atoms with Gasteiger partial charge in [-0.2, -0.15) is 0 Å². The smallest absolute Gasteiger partial charge is 0.403 e. The fourth-order valence-electron chi connectivity index (χ4n) is 5.43. The molecule has 0 radical (unpaired) electrons. The molecule has 0 spiro atoms. The predicted octanol–water partition coefficient (Wildman–Crippen LogP) is 4.29. The molecule has 1 atom stereocenters. The van der Waals surface area contributed by atoms with Crippen LogP contribution in [-0.2, 0) is 14.2 Å². The van der Waals surface area contributed by atoms with Gasteiger partial charge in [0.2, 0.25) is 11.1 Å². The van der Waals surface area contributed by atoms with E-state index in [9.17, 15) is 23.9 Å². The number of hydrogen-bond donors (Lipinski definition) is 2. The van der Waals surface area contributed by atoms with Gasteiger partial charge in [0.25, 0.3) is 0 Å². The summed E-state index contributed by atoms with van der Waals surface area (Å²) in [6, 6.07) is 1.53. The lowest BCUT2D eigenvalue weighted by molar-refractivity contribution is -0.199. The lowest BCUT2D eigenvalue weighted by atomic mass is 9.35. The summed E-state index contributed by atoms with van der Waals surface area (Å²) in [6.07, 6.45) is 1.35. The van der Waals surface area contributed by atoms with E-state index in [0.717, 1.165) is 16.5 Å². The number of amides is 1. The van der Waals surface area contributed by atoms with E-state index < -0.39 is 18.7 Å². The van der Waals surface area contributed by atoms with Crippen molar-refractivity contribution in [1.82, 2.24) is 0 Å². The Bertz CT molecular complexity index is 1150. The SMILES string of the molecule is Cc1csc2c(OP(=O)(O)O)cc3c(c12)C(CCl)CN3C(=O)C12CC(C(=O)Cl)(C1)C2. The Labute approximate surface area is 186 Å². The van der Waals surface area contributed by atoms with Crippen molar-refractivity contribution in [2.24, 2.45) is 10.8 Å². The highest BCUT2D eigenvalue weighted by Crippen LogP contribution is 2.75.